The predicted octanol–water partition coefficient (Wildman–Crippen LogP) is 1.02. The minimum absolute atomic E-state index is 0.0823. The Kier molecular flexibility index (Phi) is 3.76. The van der Waals surface area contributed by atoms with Gasteiger partial charge in [0.25, 0.3) is 0 Å². The highest BCUT2D eigenvalue weighted by Gasteiger charge is 2.28. The third kappa shape index (κ3) is 2.88. The Morgan fingerprint density at radius 2 is 2.05 bits per heavy atom. The van der Waals surface area contributed by atoms with Crippen LogP contribution in [0.3, 0.4) is 0 Å². The molecule has 1 fully saturated rings. The maximum Gasteiger partial charge on any atom is 0.339 e. The topological polar surface area (TPSA) is 63.7 Å². The smallest absolute Gasteiger partial charge is 0.339 e. The fraction of sp³-hybridized carbons (Fsp3) is 0.308. The maximum absolute atomic E-state index is 11.7. The molecule has 0 radical (unpaired) electrons. The molecule has 0 bridgehead atoms. The van der Waals surface area contributed by atoms with Crippen molar-refractivity contribution in [2.75, 3.05) is 23.2 Å². The molecule has 0 saturated carbocycles. The number of esters is 1. The van der Waals surface area contributed by atoms with Gasteiger partial charge in [0.15, 0.2) is 6.61 Å². The van der Waals surface area contributed by atoms with Crippen molar-refractivity contribution in [1.29, 1.82) is 0 Å². The number of carbonyl (C=O) groups is 1. The minimum atomic E-state index is -3.20. The number of carbonyl (C=O) groups excluding carboxylic acids is 1. The number of nitrogens with zero attached hydrogens (tertiary/aromatic N) is 1. The Hall–Kier alpha value is -2.00. The van der Waals surface area contributed by atoms with Crippen LogP contribution in [0.25, 0.3) is 0 Å². The SMILES string of the molecule is C#CCOC(=O)c1ccc(N2CCCS2(=O)=O)cc1. The Bertz CT molecular complexity index is 613. The van der Waals surface area contributed by atoms with Crippen LogP contribution >= 0.6 is 0 Å². The van der Waals surface area contributed by atoms with Gasteiger partial charge in [0.1, 0.15) is 0 Å². The zero-order valence-corrected chi connectivity index (χ0v) is 11.0. The number of hydrogen-bond acceptors (Lipinski definition) is 4. The number of rotatable bonds is 3. The first-order valence-corrected chi connectivity index (χ1v) is 7.36. The molecule has 0 unspecified atom stereocenters. The third-order valence-corrected chi connectivity index (χ3v) is 4.65. The molecular weight excluding hydrogens is 266 g/mol. The van der Waals surface area contributed by atoms with Gasteiger partial charge >= 0.3 is 5.97 Å². The van der Waals surface area contributed by atoms with Crippen molar-refractivity contribution >= 4 is 21.7 Å². The molecule has 5 nitrogen and oxygen atoms in total. The molecule has 1 aromatic carbocycles. The second kappa shape index (κ2) is 5.33. The molecule has 0 spiro atoms. The van der Waals surface area contributed by atoms with Gasteiger partial charge in [-0.2, -0.15) is 0 Å². The summed E-state index contributed by atoms with van der Waals surface area (Å²) >= 11 is 0. The van der Waals surface area contributed by atoms with E-state index in [1.54, 1.807) is 12.1 Å². The van der Waals surface area contributed by atoms with E-state index in [1.807, 2.05) is 0 Å². The van der Waals surface area contributed by atoms with Gasteiger partial charge in [0.05, 0.1) is 17.0 Å². The molecule has 1 aliphatic heterocycles. The highest BCUT2D eigenvalue weighted by atomic mass is 32.2. The number of hydrogen-bond donors (Lipinski definition) is 0. The quantitative estimate of drug-likeness (QED) is 0.612. The second-order valence-corrected chi connectivity index (χ2v) is 6.08. The molecule has 19 heavy (non-hydrogen) atoms. The van der Waals surface area contributed by atoms with Crippen LogP contribution in [0.2, 0.25) is 0 Å². The van der Waals surface area contributed by atoms with Crippen LogP contribution < -0.4 is 4.31 Å². The van der Waals surface area contributed by atoms with Crippen molar-refractivity contribution in [2.24, 2.45) is 0 Å². The first kappa shape index (κ1) is 13.4. The molecule has 1 heterocycles. The fourth-order valence-electron chi connectivity index (χ4n) is 1.88. The lowest BCUT2D eigenvalue weighted by Crippen LogP contribution is -2.25. The van der Waals surface area contributed by atoms with Crippen molar-refractivity contribution in [3.05, 3.63) is 29.8 Å². The van der Waals surface area contributed by atoms with Gasteiger partial charge < -0.3 is 4.74 Å². The number of terminal acetylenes is 1. The molecular formula is C13H13NO4S. The molecule has 100 valence electrons. The Morgan fingerprint density at radius 1 is 1.37 bits per heavy atom. The summed E-state index contributed by atoms with van der Waals surface area (Å²) < 4.78 is 29.6. The van der Waals surface area contributed by atoms with Gasteiger partial charge in [-0.15, -0.1) is 6.42 Å². The van der Waals surface area contributed by atoms with E-state index in [9.17, 15) is 13.2 Å². The van der Waals surface area contributed by atoms with E-state index in [0.29, 0.717) is 24.2 Å². The van der Waals surface area contributed by atoms with Crippen LogP contribution in [-0.4, -0.2) is 33.3 Å². The molecule has 0 aliphatic carbocycles. The zero-order valence-electron chi connectivity index (χ0n) is 10.2. The third-order valence-electron chi connectivity index (χ3n) is 2.78. The van der Waals surface area contributed by atoms with Gasteiger partial charge in [-0.05, 0) is 30.7 Å². The van der Waals surface area contributed by atoms with Crippen molar-refractivity contribution < 1.29 is 17.9 Å². The summed E-state index contributed by atoms with van der Waals surface area (Å²) in [4.78, 5) is 11.5. The van der Waals surface area contributed by atoms with Crippen LogP contribution in [0.15, 0.2) is 24.3 Å². The lowest BCUT2D eigenvalue weighted by Gasteiger charge is -2.16. The van der Waals surface area contributed by atoms with Gasteiger partial charge in [-0.25, -0.2) is 13.2 Å². The Labute approximate surface area is 112 Å². The fourth-order valence-corrected chi connectivity index (χ4v) is 3.45. The van der Waals surface area contributed by atoms with E-state index >= 15 is 0 Å². The molecule has 0 N–H and O–H groups in total. The monoisotopic (exact) mass is 279 g/mol. The predicted molar refractivity (Wildman–Crippen MR) is 71.3 cm³/mol. The van der Waals surface area contributed by atoms with Crippen LogP contribution in [0, 0.1) is 12.3 Å². The number of sulfonamides is 1. The summed E-state index contributed by atoms with van der Waals surface area (Å²) in [7, 11) is -3.20. The lowest BCUT2D eigenvalue weighted by atomic mass is 10.2. The summed E-state index contributed by atoms with van der Waals surface area (Å²) in [6.07, 6.45) is 5.61. The van der Waals surface area contributed by atoms with E-state index in [1.165, 1.54) is 16.4 Å². The van der Waals surface area contributed by atoms with Crippen molar-refractivity contribution in [3.8, 4) is 12.3 Å². The summed E-state index contributed by atoms with van der Waals surface area (Å²) in [5, 5.41) is 0. The van der Waals surface area contributed by atoms with E-state index in [0.717, 1.165) is 0 Å². The lowest BCUT2D eigenvalue weighted by molar-refractivity contribution is 0.0557. The van der Waals surface area contributed by atoms with Crippen LogP contribution in [-0.2, 0) is 14.8 Å². The molecule has 1 aromatic rings. The maximum atomic E-state index is 11.7. The number of anilines is 1. The largest absolute Gasteiger partial charge is 0.449 e. The van der Waals surface area contributed by atoms with Gasteiger partial charge in [-0.3, -0.25) is 4.31 Å². The molecule has 0 amide bonds. The van der Waals surface area contributed by atoms with E-state index < -0.39 is 16.0 Å². The average molecular weight is 279 g/mol. The van der Waals surface area contributed by atoms with Gasteiger partial charge in [0.2, 0.25) is 10.0 Å². The van der Waals surface area contributed by atoms with Crippen LogP contribution in [0.5, 0.6) is 0 Å². The standard InChI is InChI=1S/C13H13NO4S/c1-2-9-18-13(15)11-4-6-12(7-5-11)14-8-3-10-19(14,16)17/h1,4-7H,3,8-10H2. The second-order valence-electron chi connectivity index (χ2n) is 4.07. The van der Waals surface area contributed by atoms with Gasteiger partial charge in [-0.1, -0.05) is 5.92 Å². The highest BCUT2D eigenvalue weighted by molar-refractivity contribution is 7.93. The van der Waals surface area contributed by atoms with Crippen molar-refractivity contribution in [2.45, 2.75) is 6.42 Å². The zero-order chi connectivity index (χ0) is 13.9. The Balaban J connectivity index is 2.15. The van der Waals surface area contributed by atoms with Crippen molar-refractivity contribution in [3.63, 3.8) is 0 Å². The van der Waals surface area contributed by atoms with Gasteiger partial charge in [0, 0.05) is 6.54 Å². The Morgan fingerprint density at radius 3 is 2.58 bits per heavy atom. The molecule has 2 rings (SSSR count). The van der Waals surface area contributed by atoms with Crippen LogP contribution in [0.1, 0.15) is 16.8 Å². The average Bonchev–Trinajstić information content (AvgIpc) is 2.76. The minimum Gasteiger partial charge on any atom is -0.449 e. The molecule has 1 saturated heterocycles. The van der Waals surface area contributed by atoms with Crippen molar-refractivity contribution in [1.82, 2.24) is 0 Å². The summed E-state index contributed by atoms with van der Waals surface area (Å²) in [5.41, 5.74) is 0.904. The molecule has 0 atom stereocenters. The number of ether oxygens (including phenoxy) is 1. The molecule has 0 aromatic heterocycles. The van der Waals surface area contributed by atoms with E-state index in [-0.39, 0.29) is 12.4 Å². The highest BCUT2D eigenvalue weighted by Crippen LogP contribution is 2.24. The molecule has 1 aliphatic rings. The first-order chi connectivity index (χ1) is 9.04. The summed E-state index contributed by atoms with van der Waals surface area (Å²) in [6, 6.07) is 6.24. The van der Waals surface area contributed by atoms with E-state index in [4.69, 9.17) is 11.2 Å². The number of benzene rings is 1. The summed E-state index contributed by atoms with van der Waals surface area (Å²) in [6.45, 7) is 0.393. The first-order valence-electron chi connectivity index (χ1n) is 5.75. The molecule has 6 heteroatoms. The normalized spacial score (nSPS) is 16.9. The van der Waals surface area contributed by atoms with Crippen LogP contribution in [0.4, 0.5) is 5.69 Å². The van der Waals surface area contributed by atoms with E-state index in [2.05, 4.69) is 5.92 Å². The summed E-state index contributed by atoms with van der Waals surface area (Å²) in [5.74, 6) is 1.85.